The van der Waals surface area contributed by atoms with Crippen molar-refractivity contribution < 1.29 is 9.47 Å². The lowest BCUT2D eigenvalue weighted by Crippen LogP contribution is -2.48. The molecule has 2 atom stereocenters. The molecule has 19 heavy (non-hydrogen) atoms. The average Bonchev–Trinajstić information content (AvgIpc) is 2.46. The maximum absolute atomic E-state index is 5.84. The molecule has 0 radical (unpaired) electrons. The Morgan fingerprint density at radius 3 is 2.74 bits per heavy atom. The lowest BCUT2D eigenvalue weighted by atomic mass is 10.0. The monoisotopic (exact) mass is 375 g/mol. The van der Waals surface area contributed by atoms with Crippen molar-refractivity contribution in [1.29, 1.82) is 0 Å². The second-order valence-electron chi connectivity index (χ2n) is 4.88. The van der Waals surface area contributed by atoms with Gasteiger partial charge in [-0.2, -0.15) is 0 Å². The van der Waals surface area contributed by atoms with Gasteiger partial charge in [-0.1, -0.05) is 19.1 Å². The van der Waals surface area contributed by atoms with Crippen molar-refractivity contribution in [3.05, 3.63) is 33.4 Å². The second-order valence-corrected chi connectivity index (χ2v) is 6.12. The van der Waals surface area contributed by atoms with Gasteiger partial charge in [-0.15, -0.1) is 0 Å². The fourth-order valence-corrected chi connectivity index (χ4v) is 2.64. The summed E-state index contributed by atoms with van der Waals surface area (Å²) in [6, 6.07) is 9.05. The molecule has 1 N–H and O–H groups in total. The van der Waals surface area contributed by atoms with Crippen LogP contribution < -0.4 is 5.32 Å². The molecule has 0 saturated carbocycles. The van der Waals surface area contributed by atoms with Crippen LogP contribution in [0.5, 0.6) is 0 Å². The van der Waals surface area contributed by atoms with E-state index in [-0.39, 0.29) is 6.10 Å². The third-order valence-corrected chi connectivity index (χ3v) is 4.04. The van der Waals surface area contributed by atoms with Crippen LogP contribution in [0.2, 0.25) is 0 Å². The molecule has 1 aliphatic heterocycles. The van der Waals surface area contributed by atoms with E-state index in [0.29, 0.717) is 19.3 Å². The fourth-order valence-electron chi connectivity index (χ4n) is 2.28. The number of benzene rings is 1. The first-order chi connectivity index (χ1) is 9.29. The first-order valence-corrected chi connectivity index (χ1v) is 8.04. The van der Waals surface area contributed by atoms with Crippen LogP contribution in [-0.2, 0) is 15.9 Å². The molecule has 1 aliphatic rings. The van der Waals surface area contributed by atoms with E-state index in [1.165, 1.54) is 9.13 Å². The molecule has 0 bridgehead atoms. The van der Waals surface area contributed by atoms with Crippen molar-refractivity contribution in [1.82, 2.24) is 5.32 Å². The first-order valence-electron chi connectivity index (χ1n) is 6.96. The molecule has 1 aromatic rings. The summed E-state index contributed by atoms with van der Waals surface area (Å²) in [6.45, 7) is 5.34. The SMILES string of the molecule is CCCNC(Cc1ccc(I)cc1)C1COCCO1. The Labute approximate surface area is 129 Å². The molecule has 1 heterocycles. The highest BCUT2D eigenvalue weighted by Crippen LogP contribution is 2.14. The van der Waals surface area contributed by atoms with Crippen LogP contribution in [0, 0.1) is 3.57 Å². The number of rotatable bonds is 6. The third-order valence-electron chi connectivity index (χ3n) is 3.32. The Hall–Kier alpha value is -0.170. The van der Waals surface area contributed by atoms with E-state index in [2.05, 4.69) is 59.1 Å². The van der Waals surface area contributed by atoms with Gasteiger partial charge in [0.2, 0.25) is 0 Å². The number of hydrogen-bond acceptors (Lipinski definition) is 3. The summed E-state index contributed by atoms with van der Waals surface area (Å²) in [7, 11) is 0. The Kier molecular flexibility index (Phi) is 6.56. The molecular weight excluding hydrogens is 353 g/mol. The predicted octanol–water partition coefficient (Wildman–Crippen LogP) is 2.62. The van der Waals surface area contributed by atoms with Crippen LogP contribution in [0.15, 0.2) is 24.3 Å². The predicted molar refractivity (Wildman–Crippen MR) is 85.5 cm³/mol. The standard InChI is InChI=1S/C15H22INO2/c1-2-7-17-14(15-11-18-8-9-19-15)10-12-3-5-13(16)6-4-12/h3-6,14-15,17H,2,7-11H2,1H3. The minimum Gasteiger partial charge on any atom is -0.376 e. The maximum atomic E-state index is 5.84. The highest BCUT2D eigenvalue weighted by molar-refractivity contribution is 14.1. The van der Waals surface area contributed by atoms with Gasteiger partial charge in [-0.3, -0.25) is 0 Å². The van der Waals surface area contributed by atoms with E-state index < -0.39 is 0 Å². The summed E-state index contributed by atoms with van der Waals surface area (Å²) >= 11 is 2.34. The summed E-state index contributed by atoms with van der Waals surface area (Å²) in [6.07, 6.45) is 2.29. The van der Waals surface area contributed by atoms with E-state index in [1.807, 2.05) is 0 Å². The third kappa shape index (κ3) is 5.02. The van der Waals surface area contributed by atoms with Crippen LogP contribution in [0.1, 0.15) is 18.9 Å². The highest BCUT2D eigenvalue weighted by Gasteiger charge is 2.24. The van der Waals surface area contributed by atoms with Gasteiger partial charge in [0.1, 0.15) is 0 Å². The van der Waals surface area contributed by atoms with Crippen LogP contribution in [-0.4, -0.2) is 38.5 Å². The molecule has 1 fully saturated rings. The Morgan fingerprint density at radius 2 is 2.11 bits per heavy atom. The lowest BCUT2D eigenvalue weighted by molar-refractivity contribution is -0.101. The smallest absolute Gasteiger partial charge is 0.0965 e. The topological polar surface area (TPSA) is 30.5 Å². The first kappa shape index (κ1) is 15.2. The van der Waals surface area contributed by atoms with Crippen molar-refractivity contribution in [2.75, 3.05) is 26.4 Å². The van der Waals surface area contributed by atoms with Gasteiger partial charge in [0, 0.05) is 9.61 Å². The molecule has 0 aliphatic carbocycles. The van der Waals surface area contributed by atoms with E-state index >= 15 is 0 Å². The summed E-state index contributed by atoms with van der Waals surface area (Å²) in [5.41, 5.74) is 1.35. The molecule has 0 spiro atoms. The van der Waals surface area contributed by atoms with E-state index in [9.17, 15) is 0 Å². The minimum absolute atomic E-state index is 0.166. The molecule has 2 unspecified atom stereocenters. The average molecular weight is 375 g/mol. The van der Waals surface area contributed by atoms with E-state index in [0.717, 1.165) is 26.0 Å². The zero-order valence-corrected chi connectivity index (χ0v) is 13.6. The molecule has 3 nitrogen and oxygen atoms in total. The van der Waals surface area contributed by atoms with Crippen LogP contribution >= 0.6 is 22.6 Å². The molecule has 2 rings (SSSR count). The molecule has 4 heteroatoms. The van der Waals surface area contributed by atoms with Crippen molar-refractivity contribution in [2.24, 2.45) is 0 Å². The van der Waals surface area contributed by atoms with Gasteiger partial charge in [0.25, 0.3) is 0 Å². The quantitative estimate of drug-likeness (QED) is 0.776. The Balaban J connectivity index is 1.97. The fraction of sp³-hybridized carbons (Fsp3) is 0.600. The normalized spacial score (nSPS) is 21.3. The Bertz CT molecular complexity index is 363. The number of halogens is 1. The minimum atomic E-state index is 0.166. The Morgan fingerprint density at radius 1 is 1.32 bits per heavy atom. The molecular formula is C15H22INO2. The van der Waals surface area contributed by atoms with Crippen LogP contribution in [0.4, 0.5) is 0 Å². The van der Waals surface area contributed by atoms with Crippen molar-refractivity contribution in [3.8, 4) is 0 Å². The lowest BCUT2D eigenvalue weighted by Gasteiger charge is -2.31. The van der Waals surface area contributed by atoms with Gasteiger partial charge < -0.3 is 14.8 Å². The van der Waals surface area contributed by atoms with E-state index in [1.54, 1.807) is 0 Å². The number of hydrogen-bond donors (Lipinski definition) is 1. The summed E-state index contributed by atoms with van der Waals surface area (Å²) in [5, 5.41) is 3.60. The number of ether oxygens (including phenoxy) is 2. The van der Waals surface area contributed by atoms with Gasteiger partial charge in [0.05, 0.1) is 25.9 Å². The van der Waals surface area contributed by atoms with Crippen LogP contribution in [0.3, 0.4) is 0 Å². The zero-order valence-electron chi connectivity index (χ0n) is 11.4. The summed E-state index contributed by atoms with van der Waals surface area (Å²) in [4.78, 5) is 0. The van der Waals surface area contributed by atoms with Gasteiger partial charge in [0.15, 0.2) is 0 Å². The molecule has 1 saturated heterocycles. The van der Waals surface area contributed by atoms with Crippen LogP contribution in [0.25, 0.3) is 0 Å². The van der Waals surface area contributed by atoms with Crippen molar-refractivity contribution in [3.63, 3.8) is 0 Å². The second kappa shape index (κ2) is 8.19. The summed E-state index contributed by atoms with van der Waals surface area (Å²) in [5.74, 6) is 0. The van der Waals surface area contributed by atoms with Crippen molar-refractivity contribution in [2.45, 2.75) is 31.9 Å². The molecule has 0 amide bonds. The maximum Gasteiger partial charge on any atom is 0.0965 e. The van der Waals surface area contributed by atoms with E-state index in [4.69, 9.17) is 9.47 Å². The highest BCUT2D eigenvalue weighted by atomic mass is 127. The largest absolute Gasteiger partial charge is 0.376 e. The van der Waals surface area contributed by atoms with Gasteiger partial charge in [-0.05, 0) is 59.7 Å². The van der Waals surface area contributed by atoms with Crippen molar-refractivity contribution >= 4 is 22.6 Å². The zero-order chi connectivity index (χ0) is 13.5. The summed E-state index contributed by atoms with van der Waals surface area (Å²) < 4.78 is 12.7. The van der Waals surface area contributed by atoms with Gasteiger partial charge in [-0.25, -0.2) is 0 Å². The molecule has 0 aromatic heterocycles. The molecule has 106 valence electrons. The van der Waals surface area contributed by atoms with Gasteiger partial charge >= 0.3 is 0 Å². The molecule has 1 aromatic carbocycles. The number of nitrogens with one attached hydrogen (secondary N) is 1.